The van der Waals surface area contributed by atoms with Crippen LogP contribution >= 0.6 is 11.8 Å². The molecular weight excluding hydrogens is 596 g/mol. The molecule has 13 heteroatoms. The lowest BCUT2D eigenvalue weighted by Crippen LogP contribution is -2.36. The third-order valence-corrected chi connectivity index (χ3v) is 7.89. The zero-order valence-electron chi connectivity index (χ0n) is 24.0. The molecule has 1 aliphatic rings. The number of hydrogen-bond acceptors (Lipinski definition) is 5. The van der Waals surface area contributed by atoms with Crippen molar-refractivity contribution >= 4 is 28.6 Å². The summed E-state index contributed by atoms with van der Waals surface area (Å²) >= 11 is 1.51. The maximum atomic E-state index is 15.1. The number of aromatic nitrogens is 3. The molecule has 1 saturated heterocycles. The van der Waals surface area contributed by atoms with Gasteiger partial charge in [-0.05, 0) is 53.8 Å². The number of carbonyl (C=O) groups is 1. The van der Waals surface area contributed by atoms with Gasteiger partial charge in [0.05, 0.1) is 12.2 Å². The van der Waals surface area contributed by atoms with Crippen LogP contribution in [0.4, 0.5) is 28.0 Å². The molecule has 1 aliphatic heterocycles. The summed E-state index contributed by atoms with van der Waals surface area (Å²) < 4.78 is 57.5. The first-order chi connectivity index (χ1) is 21.1. The highest BCUT2D eigenvalue weighted by Gasteiger charge is 2.31. The second-order valence-electron chi connectivity index (χ2n) is 10.3. The summed E-state index contributed by atoms with van der Waals surface area (Å²) in [5.74, 6) is 1.16. The van der Waals surface area contributed by atoms with Crippen molar-refractivity contribution in [1.29, 1.82) is 0 Å². The molecule has 1 atom stereocenters. The summed E-state index contributed by atoms with van der Waals surface area (Å²) in [6.07, 6.45) is -3.86. The molecule has 0 spiro atoms. The highest BCUT2D eigenvalue weighted by atomic mass is 32.2. The Kier molecular flexibility index (Phi) is 9.52. The van der Waals surface area contributed by atoms with Crippen LogP contribution in [0.5, 0.6) is 5.75 Å². The number of ether oxygens (including phenoxy) is 1. The number of para-hydroxylation sites is 1. The molecule has 1 fully saturated rings. The van der Waals surface area contributed by atoms with Crippen LogP contribution < -0.4 is 15.0 Å². The molecule has 230 valence electrons. The van der Waals surface area contributed by atoms with Crippen LogP contribution in [0.15, 0.2) is 84.1 Å². The van der Waals surface area contributed by atoms with Crippen molar-refractivity contribution in [3.05, 3.63) is 90.3 Å². The van der Waals surface area contributed by atoms with Crippen molar-refractivity contribution < 1.29 is 27.1 Å². The number of nitrogens with zero attached hydrogens (tertiary/aromatic N) is 5. The third-order valence-electron chi connectivity index (χ3n) is 6.82. The Morgan fingerprint density at radius 2 is 1.80 bits per heavy atom. The standard InChI is InChI=1S/C31H30F4N6O2S/c1-20(2)25-6-3-4-7-27(25)40-16-5-17-44-30(40)38-29(42)36-18-26(32)21-8-10-22(11-9-21)28-37-19-41(39-28)23-12-14-24(15-13-23)43-31(33,34)35/h3-4,6-15,19-20,26H,5,16-18H2,1-2H3,(H,36,42)/b38-30-. The summed E-state index contributed by atoms with van der Waals surface area (Å²) in [5.41, 5.74) is 3.66. The number of nitrogens with one attached hydrogen (secondary N) is 1. The van der Waals surface area contributed by atoms with Gasteiger partial charge in [-0.15, -0.1) is 18.3 Å². The largest absolute Gasteiger partial charge is 0.573 e. The molecule has 44 heavy (non-hydrogen) atoms. The number of rotatable bonds is 8. The van der Waals surface area contributed by atoms with Crippen LogP contribution in [0.25, 0.3) is 17.1 Å². The van der Waals surface area contributed by atoms with Gasteiger partial charge < -0.3 is 15.0 Å². The Balaban J connectivity index is 1.19. The van der Waals surface area contributed by atoms with Crippen LogP contribution in [-0.4, -0.2) is 51.2 Å². The predicted octanol–water partition coefficient (Wildman–Crippen LogP) is 7.68. The Labute approximate surface area is 256 Å². The van der Waals surface area contributed by atoms with Crippen molar-refractivity contribution in [3.8, 4) is 22.8 Å². The van der Waals surface area contributed by atoms with Crippen molar-refractivity contribution in [2.45, 2.75) is 38.7 Å². The van der Waals surface area contributed by atoms with Crippen LogP contribution in [0.3, 0.4) is 0 Å². The number of alkyl halides is 4. The van der Waals surface area contributed by atoms with E-state index in [4.69, 9.17) is 0 Å². The molecular formula is C31H30F4N6O2S. The maximum absolute atomic E-state index is 15.1. The van der Waals surface area contributed by atoms with Crippen LogP contribution in [0.2, 0.25) is 0 Å². The molecule has 1 N–H and O–H groups in total. The normalized spacial score (nSPS) is 15.4. The molecule has 4 aromatic rings. The zero-order chi connectivity index (χ0) is 31.3. The van der Waals surface area contributed by atoms with Gasteiger partial charge in [0.25, 0.3) is 0 Å². The molecule has 2 heterocycles. The van der Waals surface area contributed by atoms with Crippen molar-refractivity contribution in [1.82, 2.24) is 20.1 Å². The topological polar surface area (TPSA) is 84.6 Å². The SMILES string of the molecule is CC(C)c1ccccc1N1CCCS/C1=N\C(=O)NCC(F)c1ccc(-c2ncn(-c3ccc(OC(F)(F)F)cc3)n2)cc1. The average molecular weight is 627 g/mol. The molecule has 0 radical (unpaired) electrons. The fourth-order valence-corrected chi connectivity index (χ4v) is 5.63. The second kappa shape index (κ2) is 13.5. The predicted molar refractivity (Wildman–Crippen MR) is 163 cm³/mol. The first-order valence-electron chi connectivity index (χ1n) is 14.0. The summed E-state index contributed by atoms with van der Waals surface area (Å²) in [7, 11) is 0. The number of benzene rings is 3. The van der Waals surface area contributed by atoms with E-state index in [0.717, 1.165) is 24.4 Å². The van der Waals surface area contributed by atoms with Crippen molar-refractivity contribution in [2.24, 2.45) is 4.99 Å². The minimum atomic E-state index is -4.77. The zero-order valence-corrected chi connectivity index (χ0v) is 24.8. The number of amides is 2. The summed E-state index contributed by atoms with van der Waals surface area (Å²) in [6.45, 7) is 4.75. The number of aliphatic imine (C=N–C) groups is 1. The van der Waals surface area contributed by atoms with E-state index in [-0.39, 0.29) is 12.3 Å². The smallest absolute Gasteiger partial charge is 0.406 e. The number of hydrogen-bond donors (Lipinski definition) is 1. The number of amidine groups is 1. The molecule has 8 nitrogen and oxygen atoms in total. The Morgan fingerprint density at radius 1 is 1.07 bits per heavy atom. The minimum Gasteiger partial charge on any atom is -0.406 e. The van der Waals surface area contributed by atoms with Crippen LogP contribution in [0.1, 0.15) is 43.5 Å². The summed E-state index contributed by atoms with van der Waals surface area (Å²) in [5, 5.41) is 7.54. The van der Waals surface area contributed by atoms with Crippen molar-refractivity contribution in [2.75, 3.05) is 23.7 Å². The van der Waals surface area contributed by atoms with E-state index in [1.54, 1.807) is 24.3 Å². The van der Waals surface area contributed by atoms with E-state index in [1.807, 2.05) is 18.2 Å². The van der Waals surface area contributed by atoms with E-state index in [2.05, 4.69) is 49.9 Å². The third kappa shape index (κ3) is 7.76. The molecule has 1 aromatic heterocycles. The summed E-state index contributed by atoms with van der Waals surface area (Å²) in [4.78, 5) is 23.3. The number of halogens is 4. The molecule has 1 unspecified atom stereocenters. The highest BCUT2D eigenvalue weighted by Crippen LogP contribution is 2.32. The van der Waals surface area contributed by atoms with E-state index < -0.39 is 18.6 Å². The number of carbonyl (C=O) groups excluding carboxylic acids is 1. The number of thioether (sulfide) groups is 1. The van der Waals surface area contributed by atoms with Crippen molar-refractivity contribution in [3.63, 3.8) is 0 Å². The minimum absolute atomic E-state index is 0.247. The van der Waals surface area contributed by atoms with Gasteiger partial charge in [-0.2, -0.15) is 4.99 Å². The second-order valence-corrected chi connectivity index (χ2v) is 11.4. The number of anilines is 1. The lowest BCUT2D eigenvalue weighted by molar-refractivity contribution is -0.274. The maximum Gasteiger partial charge on any atom is 0.573 e. The molecule has 5 rings (SSSR count). The van der Waals surface area contributed by atoms with E-state index in [0.29, 0.717) is 33.7 Å². The van der Waals surface area contributed by atoms with Gasteiger partial charge in [-0.3, -0.25) is 0 Å². The fraction of sp³-hybridized carbons (Fsp3) is 0.290. The lowest BCUT2D eigenvalue weighted by atomic mass is 10.0. The molecule has 2 amide bonds. The van der Waals surface area contributed by atoms with Gasteiger partial charge in [0.2, 0.25) is 0 Å². The first kappa shape index (κ1) is 31.0. The van der Waals surface area contributed by atoms with E-state index >= 15 is 4.39 Å². The van der Waals surface area contributed by atoms with Gasteiger partial charge in [-0.25, -0.2) is 18.9 Å². The Hall–Kier alpha value is -4.39. The van der Waals surface area contributed by atoms with Crippen LogP contribution in [-0.2, 0) is 0 Å². The summed E-state index contributed by atoms with van der Waals surface area (Å²) in [6, 6.07) is 19.2. The molecule has 3 aromatic carbocycles. The quantitative estimate of drug-likeness (QED) is 0.202. The van der Waals surface area contributed by atoms with Gasteiger partial charge in [0, 0.05) is 23.5 Å². The Morgan fingerprint density at radius 3 is 2.50 bits per heavy atom. The van der Waals surface area contributed by atoms with E-state index in [9.17, 15) is 18.0 Å². The fourth-order valence-electron chi connectivity index (χ4n) is 4.68. The lowest BCUT2D eigenvalue weighted by Gasteiger charge is -2.31. The number of urea groups is 1. The first-order valence-corrected chi connectivity index (χ1v) is 14.9. The molecule has 0 saturated carbocycles. The molecule has 0 bridgehead atoms. The Bertz CT molecular complexity index is 1610. The van der Waals surface area contributed by atoms with Gasteiger partial charge in [0.15, 0.2) is 11.0 Å². The van der Waals surface area contributed by atoms with Gasteiger partial charge in [0.1, 0.15) is 18.2 Å². The van der Waals surface area contributed by atoms with Gasteiger partial charge in [-0.1, -0.05) is 68.1 Å². The monoisotopic (exact) mass is 626 g/mol. The van der Waals surface area contributed by atoms with Crippen LogP contribution in [0, 0.1) is 0 Å². The van der Waals surface area contributed by atoms with Gasteiger partial charge >= 0.3 is 12.4 Å². The average Bonchev–Trinajstić information content (AvgIpc) is 3.50. The highest BCUT2D eigenvalue weighted by molar-refractivity contribution is 8.14. The van der Waals surface area contributed by atoms with E-state index in [1.165, 1.54) is 52.6 Å². The molecule has 0 aliphatic carbocycles.